The summed E-state index contributed by atoms with van der Waals surface area (Å²) in [6.07, 6.45) is -2.74. The van der Waals surface area contributed by atoms with Crippen molar-refractivity contribution in [1.29, 1.82) is 0 Å². The van der Waals surface area contributed by atoms with E-state index in [1.165, 1.54) is 6.07 Å². The van der Waals surface area contributed by atoms with Crippen molar-refractivity contribution in [3.63, 3.8) is 0 Å². The maximum atomic E-state index is 12.8. The molecule has 5 heteroatoms. The maximum absolute atomic E-state index is 12.8. The van der Waals surface area contributed by atoms with Crippen LogP contribution in [0.25, 0.3) is 0 Å². The van der Waals surface area contributed by atoms with Gasteiger partial charge in [0.2, 0.25) is 0 Å². The number of halogens is 5. The fourth-order valence-electron chi connectivity index (χ4n) is 0.743. The van der Waals surface area contributed by atoms with Gasteiger partial charge in [0.25, 0.3) is 6.43 Å². The molecule has 12 heavy (non-hydrogen) atoms. The number of benzene rings is 1. The van der Waals surface area contributed by atoms with Crippen molar-refractivity contribution in [2.45, 2.75) is 6.43 Å². The van der Waals surface area contributed by atoms with Crippen molar-refractivity contribution in [1.82, 2.24) is 0 Å². The van der Waals surface area contributed by atoms with E-state index in [0.717, 1.165) is 6.07 Å². The summed E-state index contributed by atoms with van der Waals surface area (Å²) in [7, 11) is 0. The highest BCUT2D eigenvalue weighted by atomic mass is 127. The monoisotopic (exact) mass is 398 g/mol. The molecule has 1 aromatic carbocycles. The van der Waals surface area contributed by atoms with E-state index in [-0.39, 0.29) is 0 Å². The van der Waals surface area contributed by atoms with Crippen LogP contribution in [0.2, 0.25) is 0 Å². The van der Waals surface area contributed by atoms with Crippen LogP contribution in [0.15, 0.2) is 12.1 Å². The minimum atomic E-state index is -2.74. The fraction of sp³-hybridized carbons (Fsp3) is 0.143. The van der Waals surface area contributed by atoms with Gasteiger partial charge in [0.15, 0.2) is 0 Å². The van der Waals surface area contributed by atoms with E-state index in [0.29, 0.717) is 7.14 Å². The summed E-state index contributed by atoms with van der Waals surface area (Å²) in [5.74, 6) is -0.838. The predicted molar refractivity (Wildman–Crippen MR) is 56.8 cm³/mol. The molecule has 0 spiro atoms. The number of alkyl halides is 2. The van der Waals surface area contributed by atoms with Crippen LogP contribution in [0.5, 0.6) is 0 Å². The third-order valence-electron chi connectivity index (χ3n) is 1.30. The van der Waals surface area contributed by atoms with E-state index in [4.69, 9.17) is 0 Å². The number of rotatable bonds is 1. The van der Waals surface area contributed by atoms with Crippen LogP contribution in [0.1, 0.15) is 12.0 Å². The fourth-order valence-corrected chi connectivity index (χ4v) is 1.89. The third kappa shape index (κ3) is 2.04. The Morgan fingerprint density at radius 3 is 2.17 bits per heavy atom. The van der Waals surface area contributed by atoms with Crippen LogP contribution in [0.3, 0.4) is 0 Å². The van der Waals surface area contributed by atoms with Crippen LogP contribution in [0.4, 0.5) is 13.2 Å². The van der Waals surface area contributed by atoms with Crippen molar-refractivity contribution < 1.29 is 13.2 Å². The SMILES string of the molecule is Fc1ccc(I)c(I)c1C(F)F. The molecule has 0 atom stereocenters. The van der Waals surface area contributed by atoms with Gasteiger partial charge in [0.05, 0.1) is 5.56 Å². The van der Waals surface area contributed by atoms with Crippen molar-refractivity contribution in [2.24, 2.45) is 0 Å². The molecule has 0 aliphatic rings. The van der Waals surface area contributed by atoms with Gasteiger partial charge in [-0.25, -0.2) is 13.2 Å². The van der Waals surface area contributed by atoms with E-state index in [1.807, 2.05) is 22.6 Å². The molecule has 0 aromatic heterocycles. The second-order valence-corrected chi connectivity index (χ2v) is 4.30. The summed E-state index contributed by atoms with van der Waals surface area (Å²) in [4.78, 5) is 0. The average Bonchev–Trinajstić information content (AvgIpc) is 1.97. The summed E-state index contributed by atoms with van der Waals surface area (Å²) in [6, 6.07) is 2.54. The minimum absolute atomic E-state index is 0.295. The van der Waals surface area contributed by atoms with Gasteiger partial charge in [-0.05, 0) is 57.3 Å². The predicted octanol–water partition coefficient (Wildman–Crippen LogP) is 3.97. The topological polar surface area (TPSA) is 0 Å². The number of hydrogen-bond acceptors (Lipinski definition) is 0. The molecule has 0 saturated carbocycles. The Balaban J connectivity index is 3.33. The molecule has 0 unspecified atom stereocenters. The zero-order chi connectivity index (χ0) is 9.30. The lowest BCUT2D eigenvalue weighted by atomic mass is 10.2. The van der Waals surface area contributed by atoms with E-state index in [1.54, 1.807) is 22.6 Å². The Morgan fingerprint density at radius 1 is 1.17 bits per heavy atom. The Labute approximate surface area is 94.8 Å². The van der Waals surface area contributed by atoms with Gasteiger partial charge in [-0.1, -0.05) is 0 Å². The van der Waals surface area contributed by atoms with Crippen LogP contribution >= 0.6 is 45.2 Å². The second kappa shape index (κ2) is 4.12. The molecule has 0 saturated heterocycles. The van der Waals surface area contributed by atoms with E-state index in [2.05, 4.69) is 0 Å². The maximum Gasteiger partial charge on any atom is 0.267 e. The lowest BCUT2D eigenvalue weighted by Crippen LogP contribution is -1.96. The Bertz CT molecular complexity index is 299. The van der Waals surface area contributed by atoms with Crippen LogP contribution in [-0.2, 0) is 0 Å². The summed E-state index contributed by atoms with van der Waals surface area (Å²) in [5.41, 5.74) is -0.498. The van der Waals surface area contributed by atoms with Gasteiger partial charge in [0, 0.05) is 7.14 Å². The molecule has 1 aromatic rings. The zero-order valence-corrected chi connectivity index (χ0v) is 9.94. The summed E-state index contributed by atoms with van der Waals surface area (Å²) < 4.78 is 38.2. The molecule has 0 aliphatic carbocycles. The van der Waals surface area contributed by atoms with Gasteiger partial charge in [-0.2, -0.15) is 0 Å². The molecule has 0 amide bonds. The Hall–Kier alpha value is 0.470. The molecule has 0 fully saturated rings. The number of hydrogen-bond donors (Lipinski definition) is 0. The third-order valence-corrected chi connectivity index (χ3v) is 4.39. The average molecular weight is 398 g/mol. The van der Waals surface area contributed by atoms with E-state index in [9.17, 15) is 13.2 Å². The molecule has 1 rings (SSSR count). The largest absolute Gasteiger partial charge is 0.267 e. The Morgan fingerprint density at radius 2 is 1.75 bits per heavy atom. The lowest BCUT2D eigenvalue weighted by molar-refractivity contribution is 0.145. The van der Waals surface area contributed by atoms with Gasteiger partial charge in [-0.3, -0.25) is 0 Å². The quantitative estimate of drug-likeness (QED) is 0.497. The second-order valence-electron chi connectivity index (χ2n) is 2.06. The minimum Gasteiger partial charge on any atom is -0.206 e. The highest BCUT2D eigenvalue weighted by molar-refractivity contribution is 14.1. The first kappa shape index (κ1) is 10.6. The molecule has 0 aliphatic heterocycles. The van der Waals surface area contributed by atoms with Crippen molar-refractivity contribution in [3.05, 3.63) is 30.7 Å². The summed E-state index contributed by atoms with van der Waals surface area (Å²) in [6.45, 7) is 0. The normalized spacial score (nSPS) is 10.8. The molecule has 0 bridgehead atoms. The van der Waals surface area contributed by atoms with Crippen molar-refractivity contribution in [3.8, 4) is 0 Å². The van der Waals surface area contributed by atoms with E-state index < -0.39 is 17.8 Å². The van der Waals surface area contributed by atoms with Crippen molar-refractivity contribution in [2.75, 3.05) is 0 Å². The van der Waals surface area contributed by atoms with E-state index >= 15 is 0 Å². The van der Waals surface area contributed by atoms with Crippen molar-refractivity contribution >= 4 is 45.2 Å². The molecule has 66 valence electrons. The first-order valence-corrected chi connectivity index (χ1v) is 5.11. The highest BCUT2D eigenvalue weighted by Crippen LogP contribution is 2.29. The first-order valence-electron chi connectivity index (χ1n) is 2.95. The van der Waals surface area contributed by atoms with Crippen LogP contribution in [-0.4, -0.2) is 0 Å². The van der Waals surface area contributed by atoms with Gasteiger partial charge in [0.1, 0.15) is 5.82 Å². The van der Waals surface area contributed by atoms with Gasteiger partial charge in [-0.15, -0.1) is 0 Å². The van der Waals surface area contributed by atoms with Crippen LogP contribution in [0, 0.1) is 13.0 Å². The summed E-state index contributed by atoms with van der Waals surface area (Å²) in [5, 5.41) is 0. The van der Waals surface area contributed by atoms with Crippen LogP contribution < -0.4 is 0 Å². The first-order chi connectivity index (χ1) is 5.54. The smallest absolute Gasteiger partial charge is 0.206 e. The lowest BCUT2D eigenvalue weighted by Gasteiger charge is -2.05. The standard InChI is InChI=1S/C7H3F3I2/c8-3-1-2-4(11)6(12)5(3)7(9)10/h1-2,7H. The van der Waals surface area contributed by atoms with Gasteiger partial charge >= 0.3 is 0 Å². The van der Waals surface area contributed by atoms with Gasteiger partial charge < -0.3 is 0 Å². The molecule has 0 radical (unpaired) electrons. The molecule has 0 N–H and O–H groups in total. The summed E-state index contributed by atoms with van der Waals surface area (Å²) >= 11 is 3.61. The molecule has 0 heterocycles. The highest BCUT2D eigenvalue weighted by Gasteiger charge is 2.18. The molecular formula is C7H3F3I2. The molecule has 0 nitrogen and oxygen atoms in total. The molecular weight excluding hydrogens is 395 g/mol. The Kier molecular flexibility index (Phi) is 3.62. The zero-order valence-electron chi connectivity index (χ0n) is 5.62.